The molecule has 0 aliphatic carbocycles. The molecule has 0 spiro atoms. The molecular formula is C40H47Cl2FN3O2Ru-. The summed E-state index contributed by atoms with van der Waals surface area (Å²) in [6.07, 6.45) is -0.186. The van der Waals surface area contributed by atoms with E-state index in [1.54, 1.807) is 10.7 Å². The van der Waals surface area contributed by atoms with Crippen LogP contribution >= 0.6 is 19.4 Å². The van der Waals surface area contributed by atoms with Crippen LogP contribution in [0.3, 0.4) is 0 Å². The number of rotatable bonds is 9. The Hall–Kier alpha value is -3.25. The second-order valence-corrected chi connectivity index (χ2v) is 18.6. The zero-order valence-electron chi connectivity index (χ0n) is 29.6. The molecule has 5 rings (SSSR count). The zero-order valence-corrected chi connectivity index (χ0v) is 32.9. The van der Waals surface area contributed by atoms with Crippen molar-refractivity contribution in [2.45, 2.75) is 68.0 Å². The van der Waals surface area contributed by atoms with E-state index in [2.05, 4.69) is 82.3 Å². The van der Waals surface area contributed by atoms with Gasteiger partial charge >= 0.3 is 167 Å². The molecule has 9 heteroatoms. The molecule has 0 N–H and O–H groups in total. The maximum Gasteiger partial charge on any atom is 0.0146 e. The monoisotopic (exact) mass is 792 g/mol. The number of ether oxygens (including phenoxy) is 1. The Morgan fingerprint density at radius 2 is 1.37 bits per heavy atom. The van der Waals surface area contributed by atoms with Gasteiger partial charge in [0.1, 0.15) is 0 Å². The van der Waals surface area contributed by atoms with Gasteiger partial charge in [-0.25, -0.2) is 0 Å². The largest absolute Gasteiger partial charge is 0.502 e. The molecule has 0 amide bonds. The van der Waals surface area contributed by atoms with Crippen LogP contribution in [-0.2, 0) is 29.6 Å². The quantitative estimate of drug-likeness (QED) is 0.0959. The second kappa shape index (κ2) is 17.6. The predicted octanol–water partition coefficient (Wildman–Crippen LogP) is 9.84. The maximum atomic E-state index is 13.6. The first kappa shape index (κ1) is 38.6. The normalized spacial score (nSPS) is 12.9. The molecule has 1 fully saturated rings. The molecule has 0 bridgehead atoms. The molecule has 0 aromatic heterocycles. The van der Waals surface area contributed by atoms with Gasteiger partial charge in [-0.3, -0.25) is 0 Å². The van der Waals surface area contributed by atoms with E-state index in [4.69, 9.17) is 24.1 Å². The number of hydrogen-bond acceptors (Lipinski definition) is 5. The Balaban J connectivity index is 0.000000222. The summed E-state index contributed by atoms with van der Waals surface area (Å²) in [6, 6.07) is 23.1. The molecule has 0 atom stereocenters. The molecule has 4 aromatic rings. The van der Waals surface area contributed by atoms with Crippen LogP contribution in [0.2, 0.25) is 0 Å². The van der Waals surface area contributed by atoms with E-state index in [-0.39, 0.29) is 24.4 Å². The van der Waals surface area contributed by atoms with Crippen molar-refractivity contribution in [3.8, 4) is 0 Å². The summed E-state index contributed by atoms with van der Waals surface area (Å²) in [5, 5.41) is 0. The third-order valence-electron chi connectivity index (χ3n) is 8.17. The number of nitrogens with zero attached hydrogens (tertiary/aromatic N) is 3. The molecule has 0 saturated carbocycles. The SMILES string of the molecule is CC(C)OC(=O)CN(Cc1ccc(F)cc1[CH]=[Ru]([Cl])[Cl])c1ccccc1.Cc1cc(C)c(N2[CH-]N(c3c(C)cc(C)cc3C)CC2)c(C)c1. The van der Waals surface area contributed by atoms with Crippen LogP contribution in [0.25, 0.3) is 0 Å². The van der Waals surface area contributed by atoms with Crippen molar-refractivity contribution in [2.24, 2.45) is 0 Å². The van der Waals surface area contributed by atoms with Crippen molar-refractivity contribution >= 4 is 47.0 Å². The number of carbonyl (C=O) groups is 1. The van der Waals surface area contributed by atoms with Gasteiger partial charge in [0, 0.05) is 24.5 Å². The van der Waals surface area contributed by atoms with Gasteiger partial charge in [0.15, 0.2) is 0 Å². The molecule has 4 aromatic carbocycles. The van der Waals surface area contributed by atoms with Crippen LogP contribution in [0.4, 0.5) is 21.5 Å². The van der Waals surface area contributed by atoms with Crippen LogP contribution in [0, 0.1) is 54.0 Å². The molecule has 1 aliphatic rings. The molecule has 49 heavy (non-hydrogen) atoms. The molecule has 0 radical (unpaired) electrons. The van der Waals surface area contributed by atoms with Crippen LogP contribution in [0.5, 0.6) is 0 Å². The Morgan fingerprint density at radius 1 is 0.857 bits per heavy atom. The van der Waals surface area contributed by atoms with Crippen molar-refractivity contribution < 1.29 is 27.4 Å². The van der Waals surface area contributed by atoms with Crippen molar-refractivity contribution in [2.75, 3.05) is 34.3 Å². The third kappa shape index (κ3) is 10.9. The van der Waals surface area contributed by atoms with Gasteiger partial charge < -0.3 is 9.80 Å². The minimum atomic E-state index is -2.11. The van der Waals surface area contributed by atoms with Gasteiger partial charge in [0.25, 0.3) is 0 Å². The molecule has 5 nitrogen and oxygen atoms in total. The van der Waals surface area contributed by atoms with Crippen molar-refractivity contribution in [3.63, 3.8) is 0 Å². The summed E-state index contributed by atoms with van der Waals surface area (Å²) in [5.41, 5.74) is 13.2. The summed E-state index contributed by atoms with van der Waals surface area (Å²) >= 11 is -2.11. The number of esters is 1. The van der Waals surface area contributed by atoms with Gasteiger partial charge in [-0.05, 0) is 63.8 Å². The summed E-state index contributed by atoms with van der Waals surface area (Å²) in [5.74, 6) is -0.673. The van der Waals surface area contributed by atoms with Crippen molar-refractivity contribution in [1.29, 1.82) is 0 Å². The van der Waals surface area contributed by atoms with E-state index < -0.39 is 13.5 Å². The smallest absolute Gasteiger partial charge is 0.0146 e. The predicted molar refractivity (Wildman–Crippen MR) is 202 cm³/mol. The van der Waals surface area contributed by atoms with E-state index in [1.807, 2.05) is 49.1 Å². The summed E-state index contributed by atoms with van der Waals surface area (Å²) in [4.78, 5) is 18.9. The van der Waals surface area contributed by atoms with Crippen molar-refractivity contribution in [3.05, 3.63) is 130 Å². The van der Waals surface area contributed by atoms with E-state index >= 15 is 0 Å². The number of carbonyl (C=O) groups excluding carboxylic acids is 1. The molecule has 0 unspecified atom stereocenters. The Morgan fingerprint density at radius 3 is 1.84 bits per heavy atom. The first-order valence-corrected chi connectivity index (χ1v) is 21.8. The fourth-order valence-corrected chi connectivity index (χ4v) is 8.38. The fraction of sp³-hybridized carbons (Fsp3) is 0.325. The summed E-state index contributed by atoms with van der Waals surface area (Å²) in [7, 11) is 11.9. The zero-order chi connectivity index (χ0) is 35.8. The molecular weight excluding hydrogens is 745 g/mol. The van der Waals surface area contributed by atoms with Gasteiger partial charge in [0.05, 0.1) is 0 Å². The summed E-state index contributed by atoms with van der Waals surface area (Å²) in [6.45, 7) is 21.7. The first-order chi connectivity index (χ1) is 23.2. The number of hydrogen-bond donors (Lipinski definition) is 0. The molecule has 1 saturated heterocycles. The van der Waals surface area contributed by atoms with E-state index in [0.29, 0.717) is 12.1 Å². The van der Waals surface area contributed by atoms with Crippen molar-refractivity contribution in [1.82, 2.24) is 0 Å². The second-order valence-electron chi connectivity index (χ2n) is 12.9. The van der Waals surface area contributed by atoms with Gasteiger partial charge in [0.2, 0.25) is 0 Å². The minimum absolute atomic E-state index is 0.0853. The van der Waals surface area contributed by atoms with Crippen LogP contribution in [-0.4, -0.2) is 36.3 Å². The summed E-state index contributed by atoms with van der Waals surface area (Å²) < 4.78 is 20.6. The average Bonchev–Trinajstić information content (AvgIpc) is 3.46. The minimum Gasteiger partial charge on any atom is -0.502 e. The number of benzene rings is 4. The van der Waals surface area contributed by atoms with Gasteiger partial charge in [-0.1, -0.05) is 35.4 Å². The van der Waals surface area contributed by atoms with Crippen LogP contribution in [0.15, 0.2) is 72.8 Å². The maximum absolute atomic E-state index is 13.6. The third-order valence-corrected chi connectivity index (χ3v) is 10.0. The fourth-order valence-electron chi connectivity index (χ4n) is 6.52. The van der Waals surface area contributed by atoms with Crippen LogP contribution in [0.1, 0.15) is 58.4 Å². The Kier molecular flexibility index (Phi) is 13.9. The van der Waals surface area contributed by atoms with E-state index in [9.17, 15) is 9.18 Å². The number of aryl methyl sites for hydroxylation is 6. The van der Waals surface area contributed by atoms with Gasteiger partial charge in [-0.15, -0.1) is 0 Å². The Bertz CT molecular complexity index is 1680. The average molecular weight is 793 g/mol. The standard InChI is InChI=1S/C21H27N2.C19H20FNO2.2ClH.Ru/c1-14-9-16(3)20(17(4)10-14)22-7-8-23(13-22)21-18(5)11-15(2)12-19(21)6;1-14(2)23-19(22)13-21(18-7-5-4-6-8-18)12-16-9-10-17(20)11-15(16)3;;;/h9-13H,7-8H2,1-6H3;3-11,14H,12-13H2,1-2H3;2*1H;/q-1;;;;+2/p-2. The topological polar surface area (TPSA) is 36.0 Å². The molecule has 1 heterocycles. The molecule has 1 aliphatic heterocycles. The number of para-hydroxylation sites is 1. The number of halogens is 3. The van der Waals surface area contributed by atoms with Gasteiger partial charge in [-0.2, -0.15) is 6.67 Å². The Labute approximate surface area is 305 Å². The molecule has 264 valence electrons. The number of anilines is 3. The van der Waals surface area contributed by atoms with E-state index in [1.165, 1.54) is 56.9 Å². The first-order valence-electron chi connectivity index (χ1n) is 16.4. The van der Waals surface area contributed by atoms with E-state index in [0.717, 1.165) is 24.3 Å². The van der Waals surface area contributed by atoms with Crippen LogP contribution < -0.4 is 14.7 Å².